The van der Waals surface area contributed by atoms with Crippen LogP contribution in [0.25, 0.3) is 0 Å². The molecule has 140 valence electrons. The van der Waals surface area contributed by atoms with Crippen molar-refractivity contribution in [2.24, 2.45) is 5.92 Å². The summed E-state index contributed by atoms with van der Waals surface area (Å²) in [5, 5.41) is 2.81. The van der Waals surface area contributed by atoms with Gasteiger partial charge >= 0.3 is 0 Å². The number of hydrogen-bond acceptors (Lipinski definition) is 4. The molecule has 1 aliphatic heterocycles. The Labute approximate surface area is 153 Å². The zero-order valence-electron chi connectivity index (χ0n) is 14.9. The summed E-state index contributed by atoms with van der Waals surface area (Å²) in [6, 6.07) is 5.29. The van der Waals surface area contributed by atoms with Gasteiger partial charge in [-0.05, 0) is 62.8 Å². The Kier molecular flexibility index (Phi) is 4.29. The van der Waals surface area contributed by atoms with Crippen LogP contribution in [0, 0.1) is 5.92 Å². The maximum atomic E-state index is 12.6. The highest BCUT2D eigenvalue weighted by molar-refractivity contribution is 7.91. The van der Waals surface area contributed by atoms with Gasteiger partial charge in [-0.1, -0.05) is 0 Å². The maximum Gasteiger partial charge on any atom is 0.230 e. The van der Waals surface area contributed by atoms with E-state index in [0.29, 0.717) is 6.42 Å². The smallest absolute Gasteiger partial charge is 0.230 e. The van der Waals surface area contributed by atoms with Crippen LogP contribution in [0.4, 0.5) is 5.69 Å². The summed E-state index contributed by atoms with van der Waals surface area (Å²) in [5.74, 6) is -0.0996. The van der Waals surface area contributed by atoms with Gasteiger partial charge in [0.25, 0.3) is 0 Å². The first-order chi connectivity index (χ1) is 12.3. The van der Waals surface area contributed by atoms with E-state index in [4.69, 9.17) is 0 Å². The molecule has 6 nitrogen and oxygen atoms in total. The van der Waals surface area contributed by atoms with E-state index in [9.17, 15) is 18.0 Å². The Hall–Kier alpha value is -1.89. The molecule has 0 aromatic heterocycles. The molecule has 3 aliphatic rings. The molecule has 0 radical (unpaired) electrons. The number of carbonyl (C=O) groups excluding carboxylic acids is 2. The van der Waals surface area contributed by atoms with Gasteiger partial charge in [-0.25, -0.2) is 8.42 Å². The van der Waals surface area contributed by atoms with Gasteiger partial charge in [0.15, 0.2) is 9.84 Å². The number of benzene rings is 1. The Morgan fingerprint density at radius 3 is 2.58 bits per heavy atom. The summed E-state index contributed by atoms with van der Waals surface area (Å²) in [6.07, 6.45) is 4.52. The molecule has 0 bridgehead atoms. The quantitative estimate of drug-likeness (QED) is 0.821. The molecule has 2 aliphatic carbocycles. The Morgan fingerprint density at radius 2 is 1.92 bits per heavy atom. The van der Waals surface area contributed by atoms with E-state index in [1.807, 2.05) is 11.8 Å². The monoisotopic (exact) mass is 376 g/mol. The Bertz CT molecular complexity index is 856. The van der Waals surface area contributed by atoms with Gasteiger partial charge in [-0.2, -0.15) is 0 Å². The normalized spacial score (nSPS) is 22.2. The lowest BCUT2D eigenvalue weighted by Crippen LogP contribution is -2.36. The summed E-state index contributed by atoms with van der Waals surface area (Å²) in [7, 11) is -3.52. The largest absolute Gasteiger partial charge is 0.353 e. The minimum Gasteiger partial charge on any atom is -0.353 e. The summed E-state index contributed by atoms with van der Waals surface area (Å²) < 4.78 is 25.2. The summed E-state index contributed by atoms with van der Waals surface area (Å²) in [5.41, 5.74) is 1.73. The van der Waals surface area contributed by atoms with Crippen molar-refractivity contribution in [3.05, 3.63) is 23.8 Å². The number of hydrogen-bond donors (Lipinski definition) is 1. The first-order valence-electron chi connectivity index (χ1n) is 9.33. The highest BCUT2D eigenvalue weighted by Crippen LogP contribution is 2.39. The highest BCUT2D eigenvalue weighted by Gasteiger charge is 2.39. The van der Waals surface area contributed by atoms with Crippen molar-refractivity contribution < 1.29 is 18.0 Å². The molecular weight excluding hydrogens is 352 g/mol. The lowest BCUT2D eigenvalue weighted by molar-refractivity contribution is -0.121. The van der Waals surface area contributed by atoms with Crippen LogP contribution in [0.15, 0.2) is 23.1 Å². The van der Waals surface area contributed by atoms with Crippen LogP contribution in [0.2, 0.25) is 0 Å². The fraction of sp³-hybridized carbons (Fsp3) is 0.579. The van der Waals surface area contributed by atoms with Crippen LogP contribution in [0.5, 0.6) is 0 Å². The predicted octanol–water partition coefficient (Wildman–Crippen LogP) is 1.82. The standard InChI is InChI=1S/C19H24N2O4S/c1-12-10-14-11-16(6-7-17(14)21(12)19(23)13-2-3-13)26(24,25)9-8-18(22)20-15-4-5-15/h6-7,11-13,15H,2-5,8-10H2,1H3,(H,20,22)/t12-/m0/s1. The van der Waals surface area contributed by atoms with Crippen molar-refractivity contribution >= 4 is 27.3 Å². The van der Waals surface area contributed by atoms with E-state index in [0.717, 1.165) is 36.9 Å². The van der Waals surface area contributed by atoms with Crippen LogP contribution in [0.3, 0.4) is 0 Å². The lowest BCUT2D eigenvalue weighted by atomic mass is 10.1. The van der Waals surface area contributed by atoms with E-state index >= 15 is 0 Å². The average molecular weight is 376 g/mol. The molecule has 0 saturated heterocycles. The zero-order chi connectivity index (χ0) is 18.5. The van der Waals surface area contributed by atoms with Crippen LogP contribution in [0.1, 0.15) is 44.6 Å². The second kappa shape index (κ2) is 6.37. The van der Waals surface area contributed by atoms with Crippen LogP contribution in [-0.4, -0.2) is 38.1 Å². The van der Waals surface area contributed by atoms with E-state index in [2.05, 4.69) is 5.32 Å². The van der Waals surface area contributed by atoms with E-state index < -0.39 is 9.84 Å². The Balaban J connectivity index is 1.48. The number of fused-ring (bicyclic) bond motifs is 1. The van der Waals surface area contributed by atoms with Crippen molar-refractivity contribution in [3.8, 4) is 0 Å². The number of nitrogens with zero attached hydrogens (tertiary/aromatic N) is 1. The molecule has 2 saturated carbocycles. The SMILES string of the molecule is C[C@H]1Cc2cc(S(=O)(=O)CCC(=O)NC3CC3)ccc2N1C(=O)C1CC1. The molecule has 1 aromatic carbocycles. The highest BCUT2D eigenvalue weighted by atomic mass is 32.2. The molecule has 26 heavy (non-hydrogen) atoms. The van der Waals surface area contributed by atoms with Crippen LogP contribution >= 0.6 is 0 Å². The van der Waals surface area contributed by atoms with E-state index in [1.54, 1.807) is 18.2 Å². The summed E-state index contributed by atoms with van der Waals surface area (Å²) in [6.45, 7) is 2.00. The van der Waals surface area contributed by atoms with Crippen molar-refractivity contribution in [2.75, 3.05) is 10.7 Å². The lowest BCUT2D eigenvalue weighted by Gasteiger charge is -2.22. The minimum absolute atomic E-state index is 0.0153. The first-order valence-corrected chi connectivity index (χ1v) is 11.0. The summed E-state index contributed by atoms with van der Waals surface area (Å²) >= 11 is 0. The van der Waals surface area contributed by atoms with Crippen molar-refractivity contribution in [1.82, 2.24) is 5.32 Å². The molecule has 0 unspecified atom stereocenters. The fourth-order valence-corrected chi connectivity index (χ4v) is 4.82. The Morgan fingerprint density at radius 1 is 1.19 bits per heavy atom. The van der Waals surface area contributed by atoms with Crippen LogP contribution < -0.4 is 10.2 Å². The van der Waals surface area contributed by atoms with Crippen molar-refractivity contribution in [1.29, 1.82) is 0 Å². The minimum atomic E-state index is -3.52. The van der Waals surface area contributed by atoms with Gasteiger partial charge in [0, 0.05) is 30.1 Å². The number of carbonyl (C=O) groups is 2. The summed E-state index contributed by atoms with van der Waals surface area (Å²) in [4.78, 5) is 26.3. The molecule has 1 atom stereocenters. The molecule has 1 N–H and O–H groups in total. The van der Waals surface area contributed by atoms with Gasteiger partial charge < -0.3 is 10.2 Å². The fourth-order valence-electron chi connectivity index (χ4n) is 3.54. The average Bonchev–Trinajstić information content (AvgIpc) is 3.49. The van der Waals surface area contributed by atoms with Crippen molar-refractivity contribution in [2.45, 2.75) is 62.4 Å². The van der Waals surface area contributed by atoms with Gasteiger partial charge in [0.2, 0.25) is 11.8 Å². The molecule has 2 fully saturated rings. The number of sulfone groups is 1. The maximum absolute atomic E-state index is 12.6. The number of nitrogens with one attached hydrogen (secondary N) is 1. The third kappa shape index (κ3) is 3.49. The molecule has 4 rings (SSSR count). The molecule has 2 amide bonds. The van der Waals surface area contributed by atoms with E-state index in [-0.39, 0.29) is 46.9 Å². The third-order valence-electron chi connectivity index (χ3n) is 5.33. The second-order valence-corrected chi connectivity index (χ2v) is 9.85. The molecular formula is C19H24N2O4S. The van der Waals surface area contributed by atoms with Gasteiger partial charge in [0.05, 0.1) is 10.6 Å². The third-order valence-corrected chi connectivity index (χ3v) is 7.04. The first kappa shape index (κ1) is 17.5. The van der Waals surface area contributed by atoms with Gasteiger partial charge in [0.1, 0.15) is 0 Å². The number of anilines is 1. The van der Waals surface area contributed by atoms with Gasteiger partial charge in [-0.3, -0.25) is 9.59 Å². The molecule has 7 heteroatoms. The molecule has 1 aromatic rings. The molecule has 1 heterocycles. The molecule has 0 spiro atoms. The topological polar surface area (TPSA) is 83.6 Å². The van der Waals surface area contributed by atoms with E-state index in [1.165, 1.54) is 0 Å². The second-order valence-electron chi connectivity index (χ2n) is 7.74. The van der Waals surface area contributed by atoms with Crippen LogP contribution in [-0.2, 0) is 25.8 Å². The zero-order valence-corrected chi connectivity index (χ0v) is 15.7. The number of amides is 2. The van der Waals surface area contributed by atoms with Gasteiger partial charge in [-0.15, -0.1) is 0 Å². The number of rotatable bonds is 6. The van der Waals surface area contributed by atoms with Crippen molar-refractivity contribution in [3.63, 3.8) is 0 Å². The predicted molar refractivity (Wildman–Crippen MR) is 97.7 cm³/mol.